The molecule has 110 valence electrons. The van der Waals surface area contributed by atoms with Crippen molar-refractivity contribution in [3.05, 3.63) is 53.6 Å². The van der Waals surface area contributed by atoms with Gasteiger partial charge in [0.05, 0.1) is 18.4 Å². The average Bonchev–Trinajstić information content (AvgIpc) is 3.00. The van der Waals surface area contributed by atoms with Crippen molar-refractivity contribution >= 4 is 11.6 Å². The number of fused-ring (bicyclic) bond motifs is 2. The molecule has 0 aliphatic heterocycles. The van der Waals surface area contributed by atoms with E-state index in [-0.39, 0.29) is 11.7 Å². The minimum atomic E-state index is 0.0778. The monoisotopic (exact) mass is 294 g/mol. The Hall–Kier alpha value is -2.76. The van der Waals surface area contributed by atoms with Gasteiger partial charge in [0.25, 0.3) is 5.78 Å². The molecule has 1 atom stereocenters. The van der Waals surface area contributed by atoms with E-state index in [1.54, 1.807) is 17.8 Å². The van der Waals surface area contributed by atoms with Gasteiger partial charge in [-0.25, -0.2) is 9.50 Å². The molecule has 0 radical (unpaired) electrons. The first kappa shape index (κ1) is 12.9. The summed E-state index contributed by atoms with van der Waals surface area (Å²) in [6, 6.07) is 7.83. The zero-order valence-electron chi connectivity index (χ0n) is 12.1. The number of ether oxygens (including phenoxy) is 1. The number of methoxy groups -OCH3 is 1. The van der Waals surface area contributed by atoms with Gasteiger partial charge >= 0.3 is 0 Å². The van der Waals surface area contributed by atoms with Crippen LogP contribution in [0.25, 0.3) is 5.78 Å². The van der Waals surface area contributed by atoms with Gasteiger partial charge in [0.1, 0.15) is 12.1 Å². The maximum atomic E-state index is 12.5. The van der Waals surface area contributed by atoms with Crippen LogP contribution in [0.15, 0.2) is 36.8 Å². The second-order valence-electron chi connectivity index (χ2n) is 5.38. The molecule has 0 bridgehead atoms. The number of rotatable bonds is 2. The minimum Gasteiger partial charge on any atom is -0.496 e. The minimum absolute atomic E-state index is 0.0778. The van der Waals surface area contributed by atoms with Crippen LogP contribution in [-0.2, 0) is 6.42 Å². The van der Waals surface area contributed by atoms with Gasteiger partial charge in [-0.2, -0.15) is 10.1 Å². The number of aromatic nitrogens is 4. The summed E-state index contributed by atoms with van der Waals surface area (Å²) in [7, 11) is 1.65. The average molecular weight is 294 g/mol. The summed E-state index contributed by atoms with van der Waals surface area (Å²) in [5.74, 6) is 1.50. The first-order chi connectivity index (χ1) is 10.8. The Morgan fingerprint density at radius 3 is 3.00 bits per heavy atom. The molecule has 4 rings (SSSR count). The van der Waals surface area contributed by atoms with Crippen LogP contribution in [0, 0.1) is 0 Å². The highest BCUT2D eigenvalue weighted by Gasteiger charge is 2.29. The third-order valence-corrected chi connectivity index (χ3v) is 4.10. The zero-order valence-corrected chi connectivity index (χ0v) is 12.1. The normalized spacial score (nSPS) is 17.5. The molecule has 2 heterocycles. The highest BCUT2D eigenvalue weighted by atomic mass is 16.5. The summed E-state index contributed by atoms with van der Waals surface area (Å²) in [5.41, 5.74) is 2.48. The maximum Gasteiger partial charge on any atom is 0.252 e. The summed E-state index contributed by atoms with van der Waals surface area (Å²) in [4.78, 5) is 21.1. The van der Waals surface area contributed by atoms with Gasteiger partial charge in [0, 0.05) is 18.5 Å². The van der Waals surface area contributed by atoms with Crippen LogP contribution in [0.3, 0.4) is 0 Å². The van der Waals surface area contributed by atoms with Gasteiger partial charge in [-0.3, -0.25) is 4.79 Å². The van der Waals surface area contributed by atoms with Crippen molar-refractivity contribution in [2.24, 2.45) is 0 Å². The van der Waals surface area contributed by atoms with Gasteiger partial charge in [-0.05, 0) is 18.1 Å². The molecular formula is C16H14N4O2. The highest BCUT2D eigenvalue weighted by Crippen LogP contribution is 2.36. The molecule has 0 fully saturated rings. The lowest BCUT2D eigenvalue weighted by Crippen LogP contribution is -2.21. The summed E-state index contributed by atoms with van der Waals surface area (Å²) in [5, 5.41) is 4.04. The number of benzene rings is 1. The molecule has 0 N–H and O–H groups in total. The topological polar surface area (TPSA) is 69.4 Å². The Bertz CT molecular complexity index is 871. The van der Waals surface area contributed by atoms with Gasteiger partial charge in [-0.1, -0.05) is 18.2 Å². The quantitative estimate of drug-likeness (QED) is 0.723. The molecular weight excluding hydrogens is 280 g/mol. The summed E-state index contributed by atoms with van der Waals surface area (Å²) in [6.45, 7) is 0. The van der Waals surface area contributed by atoms with Gasteiger partial charge < -0.3 is 4.74 Å². The first-order valence-electron chi connectivity index (χ1n) is 7.11. The molecule has 6 nitrogen and oxygen atoms in total. The maximum absolute atomic E-state index is 12.5. The number of carbonyl (C=O) groups excluding carboxylic acids is 1. The van der Waals surface area contributed by atoms with Crippen LogP contribution in [-0.4, -0.2) is 32.5 Å². The van der Waals surface area contributed by atoms with Gasteiger partial charge in [0.2, 0.25) is 0 Å². The van der Waals surface area contributed by atoms with Gasteiger partial charge in [0.15, 0.2) is 5.78 Å². The second-order valence-corrected chi connectivity index (χ2v) is 5.38. The fourth-order valence-electron chi connectivity index (χ4n) is 3.04. The van der Waals surface area contributed by atoms with Crippen molar-refractivity contribution in [2.45, 2.75) is 18.8 Å². The molecule has 1 aliphatic rings. The van der Waals surface area contributed by atoms with E-state index < -0.39 is 0 Å². The smallest absolute Gasteiger partial charge is 0.252 e. The molecule has 22 heavy (non-hydrogen) atoms. The van der Waals surface area contributed by atoms with Crippen LogP contribution in [0.4, 0.5) is 0 Å². The summed E-state index contributed by atoms with van der Waals surface area (Å²) >= 11 is 0. The molecule has 0 saturated carbocycles. The predicted molar refractivity (Wildman–Crippen MR) is 79.2 cm³/mol. The van der Waals surface area contributed by atoms with E-state index in [0.717, 1.165) is 17.0 Å². The lowest BCUT2D eigenvalue weighted by Gasteiger charge is -2.24. The molecule has 0 amide bonds. The van der Waals surface area contributed by atoms with Crippen LogP contribution in [0.1, 0.15) is 34.0 Å². The summed E-state index contributed by atoms with van der Waals surface area (Å²) in [6.07, 6.45) is 4.32. The number of carbonyl (C=O) groups is 1. The molecule has 0 saturated heterocycles. The molecule has 1 aromatic carbocycles. The third kappa shape index (κ3) is 1.95. The van der Waals surface area contributed by atoms with Gasteiger partial charge in [-0.15, -0.1) is 0 Å². The van der Waals surface area contributed by atoms with E-state index in [0.29, 0.717) is 24.2 Å². The van der Waals surface area contributed by atoms with Crippen molar-refractivity contribution < 1.29 is 9.53 Å². The Kier molecular flexibility index (Phi) is 2.89. The molecule has 3 aromatic rings. The van der Waals surface area contributed by atoms with E-state index in [4.69, 9.17) is 4.74 Å². The van der Waals surface area contributed by atoms with E-state index >= 15 is 0 Å². The molecule has 2 aromatic heterocycles. The van der Waals surface area contributed by atoms with E-state index in [1.807, 2.05) is 24.3 Å². The number of nitrogens with zero attached hydrogens (tertiary/aromatic N) is 4. The Morgan fingerprint density at radius 1 is 1.27 bits per heavy atom. The van der Waals surface area contributed by atoms with Crippen molar-refractivity contribution in [3.8, 4) is 5.75 Å². The van der Waals surface area contributed by atoms with E-state index in [2.05, 4.69) is 15.1 Å². The fourth-order valence-corrected chi connectivity index (χ4v) is 3.04. The number of hydrogen-bond acceptors (Lipinski definition) is 5. The number of hydrogen-bond donors (Lipinski definition) is 0. The lowest BCUT2D eigenvalue weighted by atomic mass is 9.82. The van der Waals surface area contributed by atoms with Crippen molar-refractivity contribution in [1.82, 2.24) is 19.6 Å². The lowest BCUT2D eigenvalue weighted by molar-refractivity contribution is 0.0962. The SMILES string of the molecule is COc1ccccc1[C@@H]1CC(=O)c2cn3ncnc3nc2C1. The van der Waals surface area contributed by atoms with E-state index in [1.165, 1.54) is 6.33 Å². The zero-order chi connectivity index (χ0) is 15.1. The molecule has 1 aliphatic carbocycles. The number of ketones is 1. The Morgan fingerprint density at radius 2 is 2.14 bits per heavy atom. The van der Waals surface area contributed by atoms with Crippen molar-refractivity contribution in [3.63, 3.8) is 0 Å². The van der Waals surface area contributed by atoms with Crippen LogP contribution in [0.5, 0.6) is 5.75 Å². The number of para-hydroxylation sites is 1. The van der Waals surface area contributed by atoms with Crippen LogP contribution < -0.4 is 4.74 Å². The second kappa shape index (κ2) is 4.91. The van der Waals surface area contributed by atoms with Crippen molar-refractivity contribution in [1.29, 1.82) is 0 Å². The largest absolute Gasteiger partial charge is 0.496 e. The molecule has 0 spiro atoms. The Balaban J connectivity index is 1.79. The number of Topliss-reactive ketones (excluding diaryl/α,β-unsaturated/α-hetero) is 1. The third-order valence-electron chi connectivity index (χ3n) is 4.10. The van der Waals surface area contributed by atoms with Crippen molar-refractivity contribution in [2.75, 3.05) is 7.11 Å². The molecule has 0 unspecified atom stereocenters. The molecule has 6 heteroatoms. The standard InChI is InChI=1S/C16H14N4O2/c1-22-15-5-3-2-4-11(15)10-6-13-12(14(21)7-10)8-20-16(19-13)17-9-18-20/h2-5,8-10H,6-7H2,1H3/t10-/m0/s1. The Labute approximate surface area is 126 Å². The first-order valence-corrected chi connectivity index (χ1v) is 7.11. The van der Waals surface area contributed by atoms with Crippen LogP contribution >= 0.6 is 0 Å². The summed E-state index contributed by atoms with van der Waals surface area (Å²) < 4.78 is 6.96. The van der Waals surface area contributed by atoms with E-state index in [9.17, 15) is 4.79 Å². The highest BCUT2D eigenvalue weighted by molar-refractivity contribution is 5.98. The predicted octanol–water partition coefficient (Wildman–Crippen LogP) is 2.05. The fraction of sp³-hybridized carbons (Fsp3) is 0.250. The van der Waals surface area contributed by atoms with Crippen LogP contribution in [0.2, 0.25) is 0 Å².